The van der Waals surface area contributed by atoms with E-state index < -0.39 is 0 Å². The first-order chi connectivity index (χ1) is 11.1. The Balaban J connectivity index is 1.68. The third kappa shape index (κ3) is 3.62. The molecular formula is C16H18FN5O. The average molecular weight is 315 g/mol. The summed E-state index contributed by atoms with van der Waals surface area (Å²) in [6, 6.07) is 6.22. The molecule has 7 heteroatoms. The molecule has 0 spiro atoms. The molecule has 1 N–H and O–H groups in total. The Bertz CT molecular complexity index is 736. The number of nitrogens with one attached hydrogen (secondary N) is 1. The largest absolute Gasteiger partial charge is 0.343 e. The van der Waals surface area contributed by atoms with Gasteiger partial charge in [-0.3, -0.25) is 0 Å². The summed E-state index contributed by atoms with van der Waals surface area (Å²) < 4.78 is 19.5. The zero-order valence-corrected chi connectivity index (χ0v) is 13.0. The number of nitrogens with zero attached hydrogens (tertiary/aromatic N) is 4. The van der Waals surface area contributed by atoms with Gasteiger partial charge >= 0.3 is 0 Å². The minimum Gasteiger partial charge on any atom is -0.343 e. The van der Waals surface area contributed by atoms with Gasteiger partial charge in [-0.15, -0.1) is 0 Å². The normalized spacial score (nSPS) is 12.7. The number of benzene rings is 1. The maximum absolute atomic E-state index is 13.0. The van der Waals surface area contributed by atoms with Crippen LogP contribution in [-0.4, -0.2) is 19.9 Å². The highest BCUT2D eigenvalue weighted by molar-refractivity contribution is 5.31. The Morgan fingerprint density at radius 2 is 2.04 bits per heavy atom. The van der Waals surface area contributed by atoms with Crippen molar-refractivity contribution in [1.29, 1.82) is 0 Å². The van der Waals surface area contributed by atoms with Crippen molar-refractivity contribution in [2.24, 2.45) is 5.92 Å². The third-order valence-electron chi connectivity index (χ3n) is 3.58. The van der Waals surface area contributed by atoms with Crippen LogP contribution in [0.1, 0.15) is 31.3 Å². The van der Waals surface area contributed by atoms with E-state index >= 15 is 0 Å². The Hall–Kier alpha value is -2.54. The van der Waals surface area contributed by atoms with Crippen molar-refractivity contribution in [3.63, 3.8) is 0 Å². The monoisotopic (exact) mass is 315 g/mol. The summed E-state index contributed by atoms with van der Waals surface area (Å²) in [5, 5.41) is 11.6. The second-order valence-electron chi connectivity index (χ2n) is 5.66. The minimum atomic E-state index is -0.261. The van der Waals surface area contributed by atoms with Crippen LogP contribution in [0.15, 0.2) is 47.6 Å². The molecule has 0 saturated heterocycles. The predicted molar refractivity (Wildman–Crippen MR) is 82.2 cm³/mol. The Kier molecular flexibility index (Phi) is 4.47. The van der Waals surface area contributed by atoms with Gasteiger partial charge in [0.15, 0.2) is 5.82 Å². The molecule has 120 valence electrons. The van der Waals surface area contributed by atoms with Gasteiger partial charge in [-0.25, -0.2) is 9.07 Å². The summed E-state index contributed by atoms with van der Waals surface area (Å²) >= 11 is 0. The van der Waals surface area contributed by atoms with E-state index in [0.29, 0.717) is 18.3 Å². The van der Waals surface area contributed by atoms with Crippen molar-refractivity contribution < 1.29 is 8.91 Å². The lowest BCUT2D eigenvalue weighted by Gasteiger charge is -2.18. The van der Waals surface area contributed by atoms with Crippen molar-refractivity contribution in [3.8, 4) is 5.69 Å². The van der Waals surface area contributed by atoms with Crippen molar-refractivity contribution in [3.05, 3.63) is 60.3 Å². The fourth-order valence-electron chi connectivity index (χ4n) is 2.36. The third-order valence-corrected chi connectivity index (χ3v) is 3.58. The first-order valence-corrected chi connectivity index (χ1v) is 7.42. The van der Waals surface area contributed by atoms with E-state index in [2.05, 4.69) is 34.4 Å². The Labute approximate surface area is 133 Å². The van der Waals surface area contributed by atoms with Crippen molar-refractivity contribution in [2.45, 2.75) is 26.4 Å². The topological polar surface area (TPSA) is 68.8 Å². The standard InChI is InChI=1S/C16H18FN5O/c1-11(2)15(16-19-10-23-21-16)18-7-12-8-20-22(9-12)14-5-3-13(17)4-6-14/h3-6,8-11,15,18H,7H2,1-2H3. The summed E-state index contributed by atoms with van der Waals surface area (Å²) in [6.45, 7) is 4.81. The van der Waals surface area contributed by atoms with E-state index in [1.165, 1.54) is 18.5 Å². The van der Waals surface area contributed by atoms with Gasteiger partial charge in [0.1, 0.15) is 5.82 Å². The van der Waals surface area contributed by atoms with Gasteiger partial charge < -0.3 is 9.84 Å². The molecule has 6 nitrogen and oxygen atoms in total. The van der Waals surface area contributed by atoms with E-state index in [9.17, 15) is 4.39 Å². The molecule has 2 aromatic heterocycles. The number of aromatic nitrogens is 4. The number of rotatable bonds is 6. The van der Waals surface area contributed by atoms with Gasteiger partial charge in [0.25, 0.3) is 0 Å². The summed E-state index contributed by atoms with van der Waals surface area (Å²) in [5.41, 5.74) is 1.83. The molecule has 2 heterocycles. The van der Waals surface area contributed by atoms with Crippen LogP contribution >= 0.6 is 0 Å². The average Bonchev–Trinajstić information content (AvgIpc) is 3.20. The molecule has 3 rings (SSSR count). The highest BCUT2D eigenvalue weighted by Crippen LogP contribution is 2.19. The van der Waals surface area contributed by atoms with Gasteiger partial charge in [0.05, 0.1) is 17.9 Å². The molecule has 0 bridgehead atoms. The van der Waals surface area contributed by atoms with E-state index in [1.54, 1.807) is 23.0 Å². The summed E-state index contributed by atoms with van der Waals surface area (Å²) in [6.07, 6.45) is 5.02. The lowest BCUT2D eigenvalue weighted by Crippen LogP contribution is -2.26. The Morgan fingerprint density at radius 1 is 1.26 bits per heavy atom. The maximum Gasteiger partial charge on any atom is 0.213 e. The fourth-order valence-corrected chi connectivity index (χ4v) is 2.36. The molecule has 3 aromatic rings. The number of hydrogen-bond donors (Lipinski definition) is 1. The van der Waals surface area contributed by atoms with Crippen LogP contribution in [-0.2, 0) is 6.54 Å². The second kappa shape index (κ2) is 6.70. The lowest BCUT2D eigenvalue weighted by atomic mass is 10.0. The second-order valence-corrected chi connectivity index (χ2v) is 5.66. The van der Waals surface area contributed by atoms with E-state index in [-0.39, 0.29) is 11.9 Å². The van der Waals surface area contributed by atoms with Crippen LogP contribution in [0.3, 0.4) is 0 Å². The zero-order valence-electron chi connectivity index (χ0n) is 13.0. The SMILES string of the molecule is CC(C)C(NCc1cnn(-c2ccc(F)cc2)c1)c1ncon1. The van der Waals surface area contributed by atoms with Crippen molar-refractivity contribution >= 4 is 0 Å². The van der Waals surface area contributed by atoms with E-state index in [0.717, 1.165) is 11.3 Å². The van der Waals surface area contributed by atoms with E-state index in [1.807, 2.05) is 6.20 Å². The van der Waals surface area contributed by atoms with Gasteiger partial charge in [0.2, 0.25) is 6.39 Å². The van der Waals surface area contributed by atoms with Crippen LogP contribution in [0.2, 0.25) is 0 Å². The highest BCUT2D eigenvalue weighted by Gasteiger charge is 2.19. The number of halogens is 1. The molecule has 0 aliphatic carbocycles. The predicted octanol–water partition coefficient (Wildman–Crippen LogP) is 2.88. The molecule has 1 atom stereocenters. The van der Waals surface area contributed by atoms with Gasteiger partial charge in [-0.2, -0.15) is 10.1 Å². The first-order valence-electron chi connectivity index (χ1n) is 7.42. The van der Waals surface area contributed by atoms with Crippen molar-refractivity contribution in [1.82, 2.24) is 25.2 Å². The lowest BCUT2D eigenvalue weighted by molar-refractivity contribution is 0.357. The maximum atomic E-state index is 13.0. The molecule has 0 saturated carbocycles. The number of hydrogen-bond acceptors (Lipinski definition) is 5. The van der Waals surface area contributed by atoms with Crippen molar-refractivity contribution in [2.75, 3.05) is 0 Å². The van der Waals surface area contributed by atoms with E-state index in [4.69, 9.17) is 4.52 Å². The summed E-state index contributed by atoms with van der Waals surface area (Å²) in [7, 11) is 0. The molecular weight excluding hydrogens is 297 g/mol. The summed E-state index contributed by atoms with van der Waals surface area (Å²) in [5.74, 6) is 0.702. The Morgan fingerprint density at radius 3 is 2.70 bits per heavy atom. The van der Waals surface area contributed by atoms with Crippen LogP contribution in [0, 0.1) is 11.7 Å². The van der Waals surface area contributed by atoms with Gasteiger partial charge in [0, 0.05) is 18.3 Å². The van der Waals surface area contributed by atoms with Gasteiger partial charge in [-0.05, 0) is 30.2 Å². The smallest absolute Gasteiger partial charge is 0.213 e. The molecule has 0 aliphatic heterocycles. The summed E-state index contributed by atoms with van der Waals surface area (Å²) in [4.78, 5) is 4.11. The zero-order chi connectivity index (χ0) is 16.2. The molecule has 0 fully saturated rings. The van der Waals surface area contributed by atoms with Crippen LogP contribution in [0.4, 0.5) is 4.39 Å². The van der Waals surface area contributed by atoms with Gasteiger partial charge in [-0.1, -0.05) is 19.0 Å². The molecule has 1 unspecified atom stereocenters. The molecule has 0 radical (unpaired) electrons. The molecule has 1 aromatic carbocycles. The molecule has 0 amide bonds. The molecule has 23 heavy (non-hydrogen) atoms. The van der Waals surface area contributed by atoms with Crippen LogP contribution in [0.5, 0.6) is 0 Å². The van der Waals surface area contributed by atoms with Crippen LogP contribution in [0.25, 0.3) is 5.69 Å². The first kappa shape index (κ1) is 15.4. The quantitative estimate of drug-likeness (QED) is 0.757. The fraction of sp³-hybridized carbons (Fsp3) is 0.312. The highest BCUT2D eigenvalue weighted by atomic mass is 19.1. The molecule has 0 aliphatic rings. The minimum absolute atomic E-state index is 0.00270. The van der Waals surface area contributed by atoms with Crippen LogP contribution < -0.4 is 5.32 Å².